The maximum atomic E-state index is 13.7. The van der Waals surface area contributed by atoms with Gasteiger partial charge in [-0.25, -0.2) is 8.78 Å². The maximum absolute atomic E-state index is 13.7. The van der Waals surface area contributed by atoms with Gasteiger partial charge in [0.05, 0.1) is 18.5 Å². The van der Waals surface area contributed by atoms with Crippen LogP contribution in [0.25, 0.3) is 11.3 Å². The van der Waals surface area contributed by atoms with Gasteiger partial charge in [0.15, 0.2) is 5.76 Å². The van der Waals surface area contributed by atoms with Gasteiger partial charge in [0.25, 0.3) is 0 Å². The van der Waals surface area contributed by atoms with Crippen molar-refractivity contribution in [1.29, 1.82) is 0 Å². The van der Waals surface area contributed by atoms with Crippen LogP contribution < -0.4 is 5.32 Å². The number of rotatable bonds is 5. The van der Waals surface area contributed by atoms with Gasteiger partial charge < -0.3 is 9.84 Å². The van der Waals surface area contributed by atoms with E-state index >= 15 is 0 Å². The molecule has 128 valence electrons. The highest BCUT2D eigenvalue weighted by atomic mass is 35.5. The van der Waals surface area contributed by atoms with Crippen LogP contribution in [0.4, 0.5) is 8.78 Å². The van der Waals surface area contributed by atoms with Crippen molar-refractivity contribution < 1.29 is 18.1 Å². The van der Waals surface area contributed by atoms with Gasteiger partial charge >= 0.3 is 0 Å². The second-order valence-electron chi connectivity index (χ2n) is 5.32. The zero-order chi connectivity index (χ0) is 17.8. The Morgan fingerprint density at radius 1 is 1.12 bits per heavy atom. The first-order valence-corrected chi connectivity index (χ1v) is 7.82. The van der Waals surface area contributed by atoms with E-state index in [-0.39, 0.29) is 34.9 Å². The number of aromatic nitrogens is 1. The average molecular weight is 363 g/mol. The summed E-state index contributed by atoms with van der Waals surface area (Å²) in [5, 5.41) is 6.59. The molecule has 0 atom stereocenters. The van der Waals surface area contributed by atoms with E-state index in [1.54, 1.807) is 18.2 Å². The molecule has 0 aliphatic heterocycles. The van der Waals surface area contributed by atoms with Gasteiger partial charge in [0.2, 0.25) is 5.91 Å². The minimum absolute atomic E-state index is 0.0723. The van der Waals surface area contributed by atoms with Crippen molar-refractivity contribution in [2.75, 3.05) is 0 Å². The van der Waals surface area contributed by atoms with Gasteiger partial charge in [-0.3, -0.25) is 4.79 Å². The van der Waals surface area contributed by atoms with Crippen LogP contribution in [0.1, 0.15) is 11.3 Å². The molecule has 0 bridgehead atoms. The molecule has 2 aromatic carbocycles. The molecular formula is C18H13ClF2N2O2. The number of carbonyl (C=O) groups is 1. The van der Waals surface area contributed by atoms with Gasteiger partial charge in [0, 0.05) is 16.7 Å². The van der Waals surface area contributed by atoms with Crippen molar-refractivity contribution in [3.8, 4) is 11.3 Å². The molecule has 7 heteroatoms. The highest BCUT2D eigenvalue weighted by molar-refractivity contribution is 6.31. The van der Waals surface area contributed by atoms with E-state index in [4.69, 9.17) is 16.1 Å². The highest BCUT2D eigenvalue weighted by Gasteiger charge is 2.14. The molecule has 1 heterocycles. The minimum atomic E-state index is -0.536. The van der Waals surface area contributed by atoms with Gasteiger partial charge in [-0.1, -0.05) is 35.0 Å². The Balaban J connectivity index is 1.63. The van der Waals surface area contributed by atoms with Gasteiger partial charge in [-0.2, -0.15) is 0 Å². The fraction of sp³-hybridized carbons (Fsp3) is 0.111. The number of benzene rings is 2. The van der Waals surface area contributed by atoms with E-state index in [0.29, 0.717) is 5.69 Å². The van der Waals surface area contributed by atoms with Crippen molar-refractivity contribution >= 4 is 17.5 Å². The summed E-state index contributed by atoms with van der Waals surface area (Å²) in [5.41, 5.74) is 0.839. The number of nitrogens with one attached hydrogen (secondary N) is 1. The molecule has 1 N–H and O–H groups in total. The number of nitrogens with zero attached hydrogens (tertiary/aromatic N) is 1. The lowest BCUT2D eigenvalue weighted by molar-refractivity contribution is -0.120. The van der Waals surface area contributed by atoms with E-state index < -0.39 is 17.5 Å². The smallest absolute Gasteiger partial charge is 0.224 e. The third kappa shape index (κ3) is 4.03. The first-order valence-electron chi connectivity index (χ1n) is 7.44. The number of carbonyl (C=O) groups excluding carboxylic acids is 1. The molecule has 0 saturated heterocycles. The Bertz CT molecular complexity index is 891. The monoisotopic (exact) mass is 362 g/mol. The molecule has 1 aromatic heterocycles. The van der Waals surface area contributed by atoms with Crippen LogP contribution in [0.2, 0.25) is 5.02 Å². The summed E-state index contributed by atoms with van der Waals surface area (Å²) in [6, 6.07) is 11.9. The van der Waals surface area contributed by atoms with Gasteiger partial charge in [0.1, 0.15) is 17.3 Å². The Hall–Kier alpha value is -2.73. The second-order valence-corrected chi connectivity index (χ2v) is 5.72. The molecule has 1 amide bonds. The lowest BCUT2D eigenvalue weighted by atomic mass is 10.1. The Morgan fingerprint density at radius 2 is 1.88 bits per heavy atom. The van der Waals surface area contributed by atoms with Crippen LogP contribution in [-0.4, -0.2) is 11.1 Å². The van der Waals surface area contributed by atoms with Crippen molar-refractivity contribution in [3.05, 3.63) is 76.4 Å². The first-order chi connectivity index (χ1) is 12.0. The van der Waals surface area contributed by atoms with Crippen LogP contribution in [-0.2, 0) is 17.8 Å². The first kappa shape index (κ1) is 17.1. The molecule has 0 aliphatic rings. The second kappa shape index (κ2) is 7.44. The van der Waals surface area contributed by atoms with Crippen LogP contribution >= 0.6 is 11.6 Å². The van der Waals surface area contributed by atoms with E-state index in [1.807, 2.05) is 0 Å². The lowest BCUT2D eigenvalue weighted by Crippen LogP contribution is -2.25. The molecule has 0 aliphatic carbocycles. The third-order valence-corrected chi connectivity index (χ3v) is 3.92. The zero-order valence-corrected chi connectivity index (χ0v) is 13.7. The van der Waals surface area contributed by atoms with E-state index in [1.165, 1.54) is 30.3 Å². The van der Waals surface area contributed by atoms with Gasteiger partial charge in [-0.05, 0) is 24.3 Å². The maximum Gasteiger partial charge on any atom is 0.224 e. The summed E-state index contributed by atoms with van der Waals surface area (Å²) in [7, 11) is 0. The topological polar surface area (TPSA) is 55.1 Å². The van der Waals surface area contributed by atoms with E-state index in [2.05, 4.69) is 10.5 Å². The molecule has 25 heavy (non-hydrogen) atoms. The Labute approximate surface area is 147 Å². The number of halogens is 3. The van der Waals surface area contributed by atoms with Crippen molar-refractivity contribution in [2.45, 2.75) is 13.0 Å². The van der Waals surface area contributed by atoms with Crippen LogP contribution in [0, 0.1) is 11.6 Å². The number of amides is 1. The quantitative estimate of drug-likeness (QED) is 0.742. The predicted molar refractivity (Wildman–Crippen MR) is 88.9 cm³/mol. The normalized spacial score (nSPS) is 10.7. The summed E-state index contributed by atoms with van der Waals surface area (Å²) in [4.78, 5) is 12.0. The van der Waals surface area contributed by atoms with Crippen LogP contribution in [0.3, 0.4) is 0 Å². The standard InChI is InChI=1S/C18H13ClF2N2O2/c19-14-5-3-7-16(21)13(14)9-18(24)22-10-11-8-17(25-23-11)12-4-1-2-6-15(12)20/h1-8H,9-10H2,(H,22,24). The minimum Gasteiger partial charge on any atom is -0.356 e. The molecule has 0 spiro atoms. The zero-order valence-electron chi connectivity index (χ0n) is 12.9. The summed E-state index contributed by atoms with van der Waals surface area (Å²) in [6.07, 6.45) is -0.191. The average Bonchev–Trinajstić information content (AvgIpc) is 3.06. The molecule has 0 saturated carbocycles. The lowest BCUT2D eigenvalue weighted by Gasteiger charge is -2.06. The summed E-state index contributed by atoms with van der Waals surface area (Å²) >= 11 is 5.89. The highest BCUT2D eigenvalue weighted by Crippen LogP contribution is 2.23. The summed E-state index contributed by atoms with van der Waals surface area (Å²) in [6.45, 7) is 0.0723. The molecule has 0 radical (unpaired) electrons. The molecule has 0 unspecified atom stereocenters. The molecule has 3 aromatic rings. The third-order valence-electron chi connectivity index (χ3n) is 3.56. The number of hydrogen-bond donors (Lipinski definition) is 1. The van der Waals surface area contributed by atoms with Crippen LogP contribution in [0.15, 0.2) is 53.1 Å². The van der Waals surface area contributed by atoms with Crippen molar-refractivity contribution in [3.63, 3.8) is 0 Å². The van der Waals surface area contributed by atoms with Crippen LogP contribution in [0.5, 0.6) is 0 Å². The molecular weight excluding hydrogens is 350 g/mol. The summed E-state index contributed by atoms with van der Waals surface area (Å²) in [5.74, 6) is -1.11. The molecule has 3 rings (SSSR count). The Kier molecular flexibility index (Phi) is 5.09. The fourth-order valence-electron chi connectivity index (χ4n) is 2.30. The van der Waals surface area contributed by atoms with Crippen molar-refractivity contribution in [1.82, 2.24) is 10.5 Å². The van der Waals surface area contributed by atoms with Crippen molar-refractivity contribution in [2.24, 2.45) is 0 Å². The molecule has 4 nitrogen and oxygen atoms in total. The van der Waals surface area contributed by atoms with E-state index in [9.17, 15) is 13.6 Å². The fourth-order valence-corrected chi connectivity index (χ4v) is 2.53. The van der Waals surface area contributed by atoms with E-state index in [0.717, 1.165) is 0 Å². The largest absolute Gasteiger partial charge is 0.356 e. The molecule has 0 fully saturated rings. The summed E-state index contributed by atoms with van der Waals surface area (Å²) < 4.78 is 32.5. The number of hydrogen-bond acceptors (Lipinski definition) is 3. The SMILES string of the molecule is O=C(Cc1c(F)cccc1Cl)NCc1cc(-c2ccccc2F)on1. The predicted octanol–water partition coefficient (Wildman–Crippen LogP) is 4.13. The Morgan fingerprint density at radius 3 is 2.64 bits per heavy atom. The van der Waals surface area contributed by atoms with Gasteiger partial charge in [-0.15, -0.1) is 0 Å².